The first-order valence-electron chi connectivity index (χ1n) is 7.61. The van der Waals surface area contributed by atoms with E-state index in [4.69, 9.17) is 21.1 Å². The number of ether oxygens (including phenoxy) is 2. The molecule has 0 fully saturated rings. The van der Waals surface area contributed by atoms with Crippen LogP contribution in [0.4, 0.5) is 0 Å². The summed E-state index contributed by atoms with van der Waals surface area (Å²) in [5, 5.41) is 6.86. The van der Waals surface area contributed by atoms with Gasteiger partial charge in [0.05, 0.1) is 20.4 Å². The minimum atomic E-state index is -0.873. The van der Waals surface area contributed by atoms with E-state index >= 15 is 0 Å². The number of rotatable bonds is 6. The van der Waals surface area contributed by atoms with Crippen LogP contribution in [0.1, 0.15) is 11.1 Å². The predicted molar refractivity (Wildman–Crippen MR) is 98.6 cm³/mol. The molecule has 2 amide bonds. The summed E-state index contributed by atoms with van der Waals surface area (Å²) in [6.45, 7) is 0.208. The maximum absolute atomic E-state index is 11.8. The lowest BCUT2D eigenvalue weighted by Crippen LogP contribution is -2.37. The van der Waals surface area contributed by atoms with Crippen molar-refractivity contribution in [1.29, 1.82) is 0 Å². The van der Waals surface area contributed by atoms with Gasteiger partial charge in [0, 0.05) is 23.2 Å². The van der Waals surface area contributed by atoms with Gasteiger partial charge in [-0.3, -0.25) is 9.59 Å². The Morgan fingerprint density at radius 3 is 2.46 bits per heavy atom. The maximum Gasteiger partial charge on any atom is 0.329 e. The minimum Gasteiger partial charge on any atom is -0.497 e. The molecule has 0 spiro atoms. The van der Waals surface area contributed by atoms with Gasteiger partial charge in [-0.05, 0) is 29.8 Å². The molecule has 8 heteroatoms. The number of carbonyl (C=O) groups excluding carboxylic acids is 2. The van der Waals surface area contributed by atoms with Gasteiger partial charge in [0.2, 0.25) is 0 Å². The number of hydrazone groups is 1. The van der Waals surface area contributed by atoms with Crippen LogP contribution in [0.2, 0.25) is 5.02 Å². The Labute approximate surface area is 155 Å². The lowest BCUT2D eigenvalue weighted by Gasteiger charge is -2.07. The molecule has 136 valence electrons. The van der Waals surface area contributed by atoms with Crippen LogP contribution in [-0.2, 0) is 16.1 Å². The SMILES string of the molecule is COc1ccc(/C=N\NC(=O)C(=O)NCc2ccc(Cl)cc2)c(OC)c1. The molecule has 0 radical (unpaired) electrons. The standard InChI is InChI=1S/C18H18ClN3O4/c1-25-15-8-5-13(16(9-15)26-2)11-21-22-18(24)17(23)20-10-12-3-6-14(19)7-4-12/h3-9,11H,10H2,1-2H3,(H,20,23)(H,22,24)/b21-11-. The van der Waals surface area contributed by atoms with Crippen LogP contribution in [0.5, 0.6) is 11.5 Å². The molecular weight excluding hydrogens is 358 g/mol. The summed E-state index contributed by atoms with van der Waals surface area (Å²) >= 11 is 5.79. The Balaban J connectivity index is 1.88. The third kappa shape index (κ3) is 5.49. The topological polar surface area (TPSA) is 89.0 Å². The molecule has 0 atom stereocenters. The molecule has 0 saturated carbocycles. The van der Waals surface area contributed by atoms with Crippen molar-refractivity contribution in [3.05, 3.63) is 58.6 Å². The van der Waals surface area contributed by atoms with Gasteiger partial charge in [0.15, 0.2) is 0 Å². The summed E-state index contributed by atoms with van der Waals surface area (Å²) < 4.78 is 10.3. The highest BCUT2D eigenvalue weighted by Gasteiger charge is 2.12. The number of amides is 2. The average Bonchev–Trinajstić information content (AvgIpc) is 2.67. The maximum atomic E-state index is 11.8. The molecule has 2 rings (SSSR count). The Bertz CT molecular complexity index is 807. The first-order valence-corrected chi connectivity index (χ1v) is 7.99. The van der Waals surface area contributed by atoms with Crippen LogP contribution in [0.3, 0.4) is 0 Å². The van der Waals surface area contributed by atoms with E-state index in [0.29, 0.717) is 22.1 Å². The highest BCUT2D eigenvalue weighted by molar-refractivity contribution is 6.35. The van der Waals surface area contributed by atoms with Crippen molar-refractivity contribution in [3.8, 4) is 11.5 Å². The molecule has 0 unspecified atom stereocenters. The van der Waals surface area contributed by atoms with E-state index < -0.39 is 11.8 Å². The Hall–Kier alpha value is -3.06. The summed E-state index contributed by atoms with van der Waals surface area (Å²) in [5.41, 5.74) is 3.61. The first kappa shape index (κ1) is 19.3. The molecule has 0 saturated heterocycles. The highest BCUT2D eigenvalue weighted by atomic mass is 35.5. The number of hydrogen-bond acceptors (Lipinski definition) is 5. The fraction of sp³-hybridized carbons (Fsp3) is 0.167. The lowest BCUT2D eigenvalue weighted by atomic mass is 10.2. The second kappa shape index (κ2) is 9.43. The van der Waals surface area contributed by atoms with Crippen LogP contribution >= 0.6 is 11.6 Å². The largest absolute Gasteiger partial charge is 0.497 e. The number of hydrogen-bond donors (Lipinski definition) is 2. The number of nitrogens with zero attached hydrogens (tertiary/aromatic N) is 1. The summed E-state index contributed by atoms with van der Waals surface area (Å²) in [6.07, 6.45) is 1.38. The quantitative estimate of drug-likeness (QED) is 0.460. The number of benzene rings is 2. The zero-order chi connectivity index (χ0) is 18.9. The molecule has 0 aromatic heterocycles. The molecule has 26 heavy (non-hydrogen) atoms. The predicted octanol–water partition coefficient (Wildman–Crippen LogP) is 2.12. The molecule has 7 nitrogen and oxygen atoms in total. The zero-order valence-corrected chi connectivity index (χ0v) is 15.0. The fourth-order valence-corrected chi connectivity index (χ4v) is 2.13. The van der Waals surface area contributed by atoms with Crippen molar-refractivity contribution in [1.82, 2.24) is 10.7 Å². The summed E-state index contributed by atoms with van der Waals surface area (Å²) in [6, 6.07) is 12.1. The van der Waals surface area contributed by atoms with E-state index in [9.17, 15) is 9.59 Å². The van der Waals surface area contributed by atoms with Crippen molar-refractivity contribution >= 4 is 29.6 Å². The van der Waals surface area contributed by atoms with E-state index in [2.05, 4.69) is 15.8 Å². The molecule has 2 aromatic carbocycles. The van der Waals surface area contributed by atoms with E-state index in [1.54, 1.807) is 49.6 Å². The van der Waals surface area contributed by atoms with Crippen LogP contribution < -0.4 is 20.2 Å². The molecule has 0 aliphatic rings. The Morgan fingerprint density at radius 1 is 1.08 bits per heavy atom. The van der Waals surface area contributed by atoms with Gasteiger partial charge in [-0.15, -0.1) is 0 Å². The Kier molecular flexibility index (Phi) is 6.99. The number of carbonyl (C=O) groups is 2. The van der Waals surface area contributed by atoms with Gasteiger partial charge in [-0.25, -0.2) is 5.43 Å². The molecule has 2 N–H and O–H groups in total. The molecule has 2 aromatic rings. The average molecular weight is 376 g/mol. The molecule has 0 bridgehead atoms. The fourth-order valence-electron chi connectivity index (χ4n) is 2.00. The molecule has 0 heterocycles. The van der Waals surface area contributed by atoms with Gasteiger partial charge < -0.3 is 14.8 Å². The number of halogens is 1. The summed E-state index contributed by atoms with van der Waals surface area (Å²) in [5.74, 6) is -0.513. The highest BCUT2D eigenvalue weighted by Crippen LogP contribution is 2.22. The van der Waals surface area contributed by atoms with Gasteiger partial charge in [-0.1, -0.05) is 23.7 Å². The van der Waals surface area contributed by atoms with Gasteiger partial charge in [0.25, 0.3) is 0 Å². The molecule has 0 aliphatic heterocycles. The summed E-state index contributed by atoms with van der Waals surface area (Å²) in [4.78, 5) is 23.5. The van der Waals surface area contributed by atoms with E-state index in [1.165, 1.54) is 13.3 Å². The minimum absolute atomic E-state index is 0.208. The second-order valence-electron chi connectivity index (χ2n) is 5.12. The van der Waals surface area contributed by atoms with Crippen LogP contribution in [0.15, 0.2) is 47.6 Å². The van der Waals surface area contributed by atoms with Crippen LogP contribution in [0.25, 0.3) is 0 Å². The van der Waals surface area contributed by atoms with Crippen molar-refractivity contribution in [3.63, 3.8) is 0 Å². The molecule has 0 aliphatic carbocycles. The van der Waals surface area contributed by atoms with Crippen molar-refractivity contribution in [2.24, 2.45) is 5.10 Å². The third-order valence-corrected chi connectivity index (χ3v) is 3.63. The normalized spacial score (nSPS) is 10.4. The number of methoxy groups -OCH3 is 2. The Morgan fingerprint density at radius 2 is 1.81 bits per heavy atom. The van der Waals surface area contributed by atoms with Crippen molar-refractivity contribution < 1.29 is 19.1 Å². The van der Waals surface area contributed by atoms with E-state index in [-0.39, 0.29) is 6.54 Å². The van der Waals surface area contributed by atoms with Crippen LogP contribution in [0, 0.1) is 0 Å². The molecular formula is C18H18ClN3O4. The van der Waals surface area contributed by atoms with Crippen molar-refractivity contribution in [2.75, 3.05) is 14.2 Å². The monoisotopic (exact) mass is 375 g/mol. The first-order chi connectivity index (χ1) is 12.5. The van der Waals surface area contributed by atoms with Crippen molar-refractivity contribution in [2.45, 2.75) is 6.54 Å². The lowest BCUT2D eigenvalue weighted by molar-refractivity contribution is -0.139. The number of nitrogens with one attached hydrogen (secondary N) is 2. The van der Waals surface area contributed by atoms with Gasteiger partial charge in [0.1, 0.15) is 11.5 Å². The summed E-state index contributed by atoms with van der Waals surface area (Å²) in [7, 11) is 3.06. The van der Waals surface area contributed by atoms with Gasteiger partial charge >= 0.3 is 11.8 Å². The second-order valence-corrected chi connectivity index (χ2v) is 5.55. The smallest absolute Gasteiger partial charge is 0.329 e. The van der Waals surface area contributed by atoms with Crippen LogP contribution in [-0.4, -0.2) is 32.2 Å². The zero-order valence-electron chi connectivity index (χ0n) is 14.3. The van der Waals surface area contributed by atoms with Gasteiger partial charge in [-0.2, -0.15) is 5.10 Å². The third-order valence-electron chi connectivity index (χ3n) is 3.38. The van der Waals surface area contributed by atoms with E-state index in [0.717, 1.165) is 5.56 Å². The van der Waals surface area contributed by atoms with E-state index in [1.807, 2.05) is 0 Å².